The molecule has 0 amide bonds. The van der Waals surface area contributed by atoms with Crippen LogP contribution in [0.25, 0.3) is 0 Å². The van der Waals surface area contributed by atoms with Gasteiger partial charge in [0, 0.05) is 25.3 Å². The molecule has 0 atom stereocenters. The smallest absolute Gasteiger partial charge is 0.0606 e. The predicted octanol–water partition coefficient (Wildman–Crippen LogP) is 2.14. The molecule has 0 fully saturated rings. The van der Waals surface area contributed by atoms with Crippen molar-refractivity contribution in [3.05, 3.63) is 65.7 Å². The van der Waals surface area contributed by atoms with Crippen LogP contribution in [0.1, 0.15) is 11.1 Å². The number of nitrogens with zero attached hydrogens (tertiary/aromatic N) is 1. The van der Waals surface area contributed by atoms with Gasteiger partial charge in [-0.1, -0.05) is 48.5 Å². The summed E-state index contributed by atoms with van der Waals surface area (Å²) in [7, 11) is 0. The van der Waals surface area contributed by atoms with Crippen molar-refractivity contribution < 1.29 is 5.11 Å². The lowest BCUT2D eigenvalue weighted by atomic mass is 10.1. The lowest BCUT2D eigenvalue weighted by Gasteiger charge is -2.26. The summed E-state index contributed by atoms with van der Waals surface area (Å²) in [5.74, 6) is 0. The van der Waals surface area contributed by atoms with Gasteiger partial charge in [0.25, 0.3) is 0 Å². The summed E-state index contributed by atoms with van der Waals surface area (Å²) in [6.07, 6.45) is 0. The van der Waals surface area contributed by atoms with E-state index in [1.165, 1.54) is 5.56 Å². The van der Waals surface area contributed by atoms with Crippen molar-refractivity contribution in [3.8, 4) is 0 Å². The Kier molecular flexibility index (Phi) is 4.95. The van der Waals surface area contributed by atoms with E-state index in [9.17, 15) is 5.11 Å². The molecule has 0 heterocycles. The average molecular weight is 256 g/mol. The maximum absolute atomic E-state index is 9.27. The molecule has 0 aliphatic heterocycles. The summed E-state index contributed by atoms with van der Waals surface area (Å²) in [5.41, 5.74) is 9.22. The molecule has 3 N–H and O–H groups in total. The first-order chi connectivity index (χ1) is 9.35. The van der Waals surface area contributed by atoms with Crippen molar-refractivity contribution in [2.75, 3.05) is 18.1 Å². The van der Waals surface area contributed by atoms with Crippen LogP contribution in [-0.4, -0.2) is 18.3 Å². The van der Waals surface area contributed by atoms with Crippen molar-refractivity contribution in [2.45, 2.75) is 13.1 Å². The van der Waals surface area contributed by atoms with Gasteiger partial charge >= 0.3 is 0 Å². The second-order valence-electron chi connectivity index (χ2n) is 4.46. The van der Waals surface area contributed by atoms with E-state index in [4.69, 9.17) is 5.73 Å². The fraction of sp³-hybridized carbons (Fsp3) is 0.250. The Bertz CT molecular complexity index is 499. The summed E-state index contributed by atoms with van der Waals surface area (Å²) >= 11 is 0. The largest absolute Gasteiger partial charge is 0.395 e. The van der Waals surface area contributed by atoms with E-state index in [1.54, 1.807) is 0 Å². The average Bonchev–Trinajstić information content (AvgIpc) is 2.48. The molecule has 2 aromatic rings. The van der Waals surface area contributed by atoms with E-state index in [2.05, 4.69) is 23.1 Å². The van der Waals surface area contributed by atoms with Gasteiger partial charge in [0.05, 0.1) is 6.61 Å². The van der Waals surface area contributed by atoms with E-state index >= 15 is 0 Å². The number of aliphatic hydroxyl groups is 1. The van der Waals surface area contributed by atoms with Crippen LogP contribution < -0.4 is 10.6 Å². The zero-order valence-corrected chi connectivity index (χ0v) is 11.0. The first-order valence-corrected chi connectivity index (χ1v) is 6.53. The van der Waals surface area contributed by atoms with Gasteiger partial charge in [0.2, 0.25) is 0 Å². The highest BCUT2D eigenvalue weighted by molar-refractivity contribution is 5.54. The van der Waals surface area contributed by atoms with E-state index in [-0.39, 0.29) is 6.61 Å². The maximum atomic E-state index is 9.27. The number of para-hydroxylation sites is 1. The van der Waals surface area contributed by atoms with Crippen molar-refractivity contribution in [2.24, 2.45) is 5.73 Å². The minimum Gasteiger partial charge on any atom is -0.395 e. The summed E-state index contributed by atoms with van der Waals surface area (Å²) in [6.45, 7) is 2.02. The van der Waals surface area contributed by atoms with Gasteiger partial charge in [-0.05, 0) is 17.2 Å². The van der Waals surface area contributed by atoms with Gasteiger partial charge in [-0.15, -0.1) is 0 Å². The van der Waals surface area contributed by atoms with Crippen molar-refractivity contribution in [1.82, 2.24) is 0 Å². The molecule has 0 aliphatic rings. The first kappa shape index (κ1) is 13.6. The Labute approximate surface area is 114 Å². The fourth-order valence-electron chi connectivity index (χ4n) is 2.20. The number of anilines is 1. The van der Waals surface area contributed by atoms with E-state index in [0.29, 0.717) is 13.1 Å². The molecule has 0 radical (unpaired) electrons. The highest BCUT2D eigenvalue weighted by atomic mass is 16.3. The molecular formula is C16H20N2O. The number of rotatable bonds is 6. The Morgan fingerprint density at radius 3 is 2.32 bits per heavy atom. The zero-order valence-electron chi connectivity index (χ0n) is 11.0. The predicted molar refractivity (Wildman–Crippen MR) is 78.9 cm³/mol. The number of hydrogen-bond donors (Lipinski definition) is 2. The number of nitrogens with two attached hydrogens (primary N) is 1. The van der Waals surface area contributed by atoms with Crippen LogP contribution in [0, 0.1) is 0 Å². The van der Waals surface area contributed by atoms with Gasteiger partial charge in [-0.3, -0.25) is 0 Å². The van der Waals surface area contributed by atoms with Gasteiger partial charge in [-0.2, -0.15) is 0 Å². The van der Waals surface area contributed by atoms with Crippen molar-refractivity contribution >= 4 is 5.69 Å². The number of aliphatic hydroxyl groups excluding tert-OH is 1. The zero-order chi connectivity index (χ0) is 13.5. The Hall–Kier alpha value is -1.84. The molecule has 2 aromatic carbocycles. The molecule has 0 aromatic heterocycles. The molecule has 0 spiro atoms. The Morgan fingerprint density at radius 2 is 1.63 bits per heavy atom. The molecule has 0 aliphatic carbocycles. The van der Waals surface area contributed by atoms with Crippen LogP contribution in [0.4, 0.5) is 5.69 Å². The maximum Gasteiger partial charge on any atom is 0.0606 e. The Morgan fingerprint density at radius 1 is 0.947 bits per heavy atom. The van der Waals surface area contributed by atoms with Crippen LogP contribution in [-0.2, 0) is 13.1 Å². The fourth-order valence-corrected chi connectivity index (χ4v) is 2.20. The van der Waals surface area contributed by atoms with Gasteiger partial charge in [0.15, 0.2) is 0 Å². The highest BCUT2D eigenvalue weighted by Gasteiger charge is 2.10. The number of hydrogen-bond acceptors (Lipinski definition) is 3. The first-order valence-electron chi connectivity index (χ1n) is 6.53. The van der Waals surface area contributed by atoms with E-state index in [0.717, 1.165) is 17.8 Å². The van der Waals surface area contributed by atoms with E-state index in [1.807, 2.05) is 36.4 Å². The third-order valence-corrected chi connectivity index (χ3v) is 3.14. The summed E-state index contributed by atoms with van der Waals surface area (Å²) in [6, 6.07) is 18.3. The number of benzene rings is 2. The summed E-state index contributed by atoms with van der Waals surface area (Å²) in [4.78, 5) is 2.16. The quantitative estimate of drug-likeness (QED) is 0.832. The molecule has 0 bridgehead atoms. The molecular weight excluding hydrogens is 236 g/mol. The SMILES string of the molecule is NCc1ccccc1N(CCO)Cc1ccccc1. The van der Waals surface area contributed by atoms with Crippen LogP contribution >= 0.6 is 0 Å². The molecule has 0 saturated carbocycles. The van der Waals surface area contributed by atoms with Crippen LogP contribution in [0.3, 0.4) is 0 Å². The van der Waals surface area contributed by atoms with Crippen LogP contribution in [0.15, 0.2) is 54.6 Å². The van der Waals surface area contributed by atoms with Gasteiger partial charge in [-0.25, -0.2) is 0 Å². The normalized spacial score (nSPS) is 10.4. The summed E-state index contributed by atoms with van der Waals surface area (Å²) < 4.78 is 0. The topological polar surface area (TPSA) is 49.5 Å². The summed E-state index contributed by atoms with van der Waals surface area (Å²) in [5, 5.41) is 9.27. The molecule has 3 heteroatoms. The second-order valence-corrected chi connectivity index (χ2v) is 4.46. The lowest BCUT2D eigenvalue weighted by molar-refractivity contribution is 0.301. The van der Waals surface area contributed by atoms with Crippen LogP contribution in [0.2, 0.25) is 0 Å². The van der Waals surface area contributed by atoms with Gasteiger partial charge < -0.3 is 15.7 Å². The third kappa shape index (κ3) is 3.56. The minimum atomic E-state index is 0.131. The van der Waals surface area contributed by atoms with E-state index < -0.39 is 0 Å². The molecule has 2 rings (SSSR count). The molecule has 0 saturated heterocycles. The molecule has 3 nitrogen and oxygen atoms in total. The second kappa shape index (κ2) is 6.92. The van der Waals surface area contributed by atoms with Gasteiger partial charge in [0.1, 0.15) is 0 Å². The monoisotopic (exact) mass is 256 g/mol. The molecule has 100 valence electrons. The molecule has 19 heavy (non-hydrogen) atoms. The van der Waals surface area contributed by atoms with Crippen molar-refractivity contribution in [1.29, 1.82) is 0 Å². The highest BCUT2D eigenvalue weighted by Crippen LogP contribution is 2.21. The third-order valence-electron chi connectivity index (χ3n) is 3.14. The van der Waals surface area contributed by atoms with Crippen molar-refractivity contribution in [3.63, 3.8) is 0 Å². The molecule has 0 unspecified atom stereocenters. The minimum absolute atomic E-state index is 0.131. The Balaban J connectivity index is 2.24. The lowest BCUT2D eigenvalue weighted by Crippen LogP contribution is -2.27. The van der Waals surface area contributed by atoms with Crippen LogP contribution in [0.5, 0.6) is 0 Å². The standard InChI is InChI=1S/C16H20N2O/c17-12-15-8-4-5-9-16(15)18(10-11-19)13-14-6-2-1-3-7-14/h1-9,19H,10-13,17H2.